The zero-order chi connectivity index (χ0) is 16.8. The van der Waals surface area contributed by atoms with Gasteiger partial charge >= 0.3 is 0 Å². The van der Waals surface area contributed by atoms with E-state index >= 15 is 0 Å². The third kappa shape index (κ3) is 4.02. The van der Waals surface area contributed by atoms with Gasteiger partial charge in [-0.2, -0.15) is 0 Å². The van der Waals surface area contributed by atoms with Crippen molar-refractivity contribution in [2.45, 2.75) is 25.9 Å². The Kier molecular flexibility index (Phi) is 5.26. The van der Waals surface area contributed by atoms with Crippen LogP contribution in [-0.4, -0.2) is 35.7 Å². The topological polar surface area (TPSA) is 41.9 Å². The van der Waals surface area contributed by atoms with Crippen LogP contribution in [0.4, 0.5) is 0 Å². The Morgan fingerprint density at radius 2 is 1.79 bits per heavy atom. The molecule has 124 valence electrons. The minimum atomic E-state index is -0.0696. The van der Waals surface area contributed by atoms with Gasteiger partial charge in [0.15, 0.2) is 6.10 Å². The molecule has 2 aromatic carbocycles. The first-order chi connectivity index (χ1) is 11.8. The lowest BCUT2D eigenvalue weighted by atomic mass is 10.0. The van der Waals surface area contributed by atoms with Gasteiger partial charge in [-0.15, -0.1) is 0 Å². The number of hydrogen-bond donors (Lipinski definition) is 0. The summed E-state index contributed by atoms with van der Waals surface area (Å²) in [5, 5.41) is 4.20. The van der Waals surface area contributed by atoms with E-state index in [9.17, 15) is 4.79 Å². The summed E-state index contributed by atoms with van der Waals surface area (Å²) >= 11 is 0. The van der Waals surface area contributed by atoms with Gasteiger partial charge in [-0.3, -0.25) is 4.79 Å². The lowest BCUT2D eigenvalue weighted by molar-refractivity contribution is -0.132. The highest BCUT2D eigenvalue weighted by molar-refractivity contribution is 6.01. The van der Waals surface area contributed by atoms with Gasteiger partial charge in [0.2, 0.25) is 5.91 Å². The first-order valence-electron chi connectivity index (χ1n) is 8.36. The maximum atomic E-state index is 12.5. The SMILES string of the molecule is CCN(CC1CC(c2ccccc2)=NO1)C(=O)Cc1ccccc1. The fourth-order valence-corrected chi connectivity index (χ4v) is 2.86. The van der Waals surface area contributed by atoms with Crippen LogP contribution in [0.1, 0.15) is 24.5 Å². The van der Waals surface area contributed by atoms with Crippen molar-refractivity contribution in [2.24, 2.45) is 5.16 Å². The number of amides is 1. The van der Waals surface area contributed by atoms with E-state index in [1.807, 2.05) is 72.5 Å². The number of carbonyl (C=O) groups excluding carboxylic acids is 1. The second kappa shape index (κ2) is 7.77. The van der Waals surface area contributed by atoms with Gasteiger partial charge in [-0.05, 0) is 18.1 Å². The van der Waals surface area contributed by atoms with E-state index in [1.165, 1.54) is 0 Å². The minimum absolute atomic E-state index is 0.0696. The molecule has 0 fully saturated rings. The van der Waals surface area contributed by atoms with Gasteiger partial charge in [0, 0.05) is 13.0 Å². The van der Waals surface area contributed by atoms with Crippen LogP contribution >= 0.6 is 0 Å². The summed E-state index contributed by atoms with van der Waals surface area (Å²) in [6.45, 7) is 3.24. The van der Waals surface area contributed by atoms with Crippen LogP contribution in [0.5, 0.6) is 0 Å². The van der Waals surface area contributed by atoms with Gasteiger partial charge in [-0.25, -0.2) is 0 Å². The van der Waals surface area contributed by atoms with E-state index in [0.29, 0.717) is 19.5 Å². The standard InChI is InChI=1S/C20H22N2O2/c1-2-22(20(23)13-16-9-5-3-6-10-16)15-18-14-19(21-24-18)17-11-7-4-8-12-17/h3-12,18H,2,13-15H2,1H3. The lowest BCUT2D eigenvalue weighted by Gasteiger charge is -2.23. The molecular weight excluding hydrogens is 300 g/mol. The first kappa shape index (κ1) is 16.2. The molecule has 1 unspecified atom stereocenters. The number of oxime groups is 1. The molecule has 3 rings (SSSR count). The summed E-state index contributed by atoms with van der Waals surface area (Å²) in [5.41, 5.74) is 3.07. The van der Waals surface area contributed by atoms with Crippen molar-refractivity contribution in [1.29, 1.82) is 0 Å². The molecule has 0 radical (unpaired) electrons. The highest BCUT2D eigenvalue weighted by Crippen LogP contribution is 2.18. The molecule has 0 spiro atoms. The minimum Gasteiger partial charge on any atom is -0.390 e. The molecular formula is C20H22N2O2. The highest BCUT2D eigenvalue weighted by Gasteiger charge is 2.25. The Hall–Kier alpha value is -2.62. The van der Waals surface area contributed by atoms with E-state index in [1.54, 1.807) is 0 Å². The molecule has 0 aromatic heterocycles. The largest absolute Gasteiger partial charge is 0.390 e. The number of benzene rings is 2. The molecule has 0 bridgehead atoms. The Morgan fingerprint density at radius 1 is 1.12 bits per heavy atom. The lowest BCUT2D eigenvalue weighted by Crippen LogP contribution is -2.38. The molecule has 4 heteroatoms. The number of likely N-dealkylation sites (N-methyl/N-ethyl adjacent to an activating group) is 1. The summed E-state index contributed by atoms with van der Waals surface area (Å²) in [5.74, 6) is 0.125. The summed E-state index contributed by atoms with van der Waals surface area (Å²) in [6, 6.07) is 19.9. The van der Waals surface area contributed by atoms with Gasteiger partial charge in [0.05, 0.1) is 18.7 Å². The zero-order valence-corrected chi connectivity index (χ0v) is 13.9. The fraction of sp³-hybridized carbons (Fsp3) is 0.300. The monoisotopic (exact) mass is 322 g/mol. The molecule has 1 aliphatic heterocycles. The van der Waals surface area contributed by atoms with Crippen LogP contribution in [0.15, 0.2) is 65.8 Å². The maximum Gasteiger partial charge on any atom is 0.227 e. The number of carbonyl (C=O) groups is 1. The Morgan fingerprint density at radius 3 is 2.46 bits per heavy atom. The van der Waals surface area contributed by atoms with Crippen LogP contribution < -0.4 is 0 Å². The summed E-state index contributed by atoms with van der Waals surface area (Å²) in [6.07, 6.45) is 1.09. The summed E-state index contributed by atoms with van der Waals surface area (Å²) < 4.78 is 0. The van der Waals surface area contributed by atoms with Crippen molar-refractivity contribution in [2.75, 3.05) is 13.1 Å². The Balaban J connectivity index is 1.56. The molecule has 1 atom stereocenters. The van der Waals surface area contributed by atoms with Gasteiger partial charge in [-0.1, -0.05) is 65.8 Å². The molecule has 0 aliphatic carbocycles. The summed E-state index contributed by atoms with van der Waals surface area (Å²) in [7, 11) is 0. The molecule has 2 aromatic rings. The maximum absolute atomic E-state index is 12.5. The molecule has 1 heterocycles. The predicted molar refractivity (Wildman–Crippen MR) is 94.9 cm³/mol. The summed E-state index contributed by atoms with van der Waals surface area (Å²) in [4.78, 5) is 19.9. The number of rotatable bonds is 6. The first-order valence-corrected chi connectivity index (χ1v) is 8.36. The molecule has 0 saturated heterocycles. The van der Waals surface area contributed by atoms with Crippen LogP contribution in [0, 0.1) is 0 Å². The second-order valence-corrected chi connectivity index (χ2v) is 5.93. The molecule has 24 heavy (non-hydrogen) atoms. The third-order valence-corrected chi connectivity index (χ3v) is 4.20. The smallest absolute Gasteiger partial charge is 0.227 e. The second-order valence-electron chi connectivity index (χ2n) is 5.93. The number of hydrogen-bond acceptors (Lipinski definition) is 3. The van der Waals surface area contributed by atoms with Gasteiger partial charge < -0.3 is 9.74 Å². The van der Waals surface area contributed by atoms with Crippen LogP contribution in [0.3, 0.4) is 0 Å². The van der Waals surface area contributed by atoms with E-state index < -0.39 is 0 Å². The molecule has 0 N–H and O–H groups in total. The van der Waals surface area contributed by atoms with Crippen molar-refractivity contribution in [3.05, 3.63) is 71.8 Å². The van der Waals surface area contributed by atoms with Crippen LogP contribution in [0.2, 0.25) is 0 Å². The zero-order valence-electron chi connectivity index (χ0n) is 13.9. The normalized spacial score (nSPS) is 16.4. The quantitative estimate of drug-likeness (QED) is 0.819. The molecule has 0 saturated carbocycles. The van der Waals surface area contributed by atoms with Crippen molar-refractivity contribution >= 4 is 11.6 Å². The Bertz CT molecular complexity index is 698. The van der Waals surface area contributed by atoms with E-state index in [4.69, 9.17) is 4.84 Å². The average molecular weight is 322 g/mol. The average Bonchev–Trinajstić information content (AvgIpc) is 3.10. The highest BCUT2D eigenvalue weighted by atomic mass is 16.6. The third-order valence-electron chi connectivity index (χ3n) is 4.20. The predicted octanol–water partition coefficient (Wildman–Crippen LogP) is 3.27. The fourth-order valence-electron chi connectivity index (χ4n) is 2.86. The van der Waals surface area contributed by atoms with Gasteiger partial charge in [0.1, 0.15) is 0 Å². The van der Waals surface area contributed by atoms with Crippen LogP contribution in [0.25, 0.3) is 0 Å². The van der Waals surface area contributed by atoms with Gasteiger partial charge in [0.25, 0.3) is 0 Å². The van der Waals surface area contributed by atoms with E-state index in [-0.39, 0.29) is 12.0 Å². The van der Waals surface area contributed by atoms with E-state index in [2.05, 4.69) is 5.16 Å². The van der Waals surface area contributed by atoms with Crippen molar-refractivity contribution in [3.8, 4) is 0 Å². The molecule has 1 amide bonds. The van der Waals surface area contributed by atoms with Crippen molar-refractivity contribution in [1.82, 2.24) is 4.90 Å². The van der Waals surface area contributed by atoms with Crippen LogP contribution in [-0.2, 0) is 16.1 Å². The molecule has 4 nitrogen and oxygen atoms in total. The van der Waals surface area contributed by atoms with Crippen molar-refractivity contribution in [3.63, 3.8) is 0 Å². The van der Waals surface area contributed by atoms with Crippen molar-refractivity contribution < 1.29 is 9.63 Å². The Labute approximate surface area is 142 Å². The molecule has 1 aliphatic rings. The number of nitrogens with zero attached hydrogens (tertiary/aromatic N) is 2. The van der Waals surface area contributed by atoms with E-state index in [0.717, 1.165) is 23.3 Å².